The lowest BCUT2D eigenvalue weighted by atomic mass is 10.0. The lowest BCUT2D eigenvalue weighted by Gasteiger charge is -2.17. The molecule has 1 aromatic heterocycles. The molecule has 3 aromatic rings. The summed E-state index contributed by atoms with van der Waals surface area (Å²) in [6.07, 6.45) is 5.98. The number of unbranched alkanes of at least 4 members (excludes halogenated alkanes) is 1. The second-order valence-corrected chi connectivity index (χ2v) is 9.69. The molecule has 1 atom stereocenters. The number of hydrogen-bond acceptors (Lipinski definition) is 2. The Morgan fingerprint density at radius 2 is 1.85 bits per heavy atom. The molecule has 3 rings (SSSR count). The molecule has 0 aliphatic carbocycles. The number of H-pyrrole nitrogens is 1. The Hall–Kier alpha value is -2.32. The first kappa shape index (κ1) is 25.3. The van der Waals surface area contributed by atoms with Crippen molar-refractivity contribution < 1.29 is 18.0 Å². The zero-order valence-electron chi connectivity index (χ0n) is 18.3. The fourth-order valence-corrected chi connectivity index (χ4v) is 4.90. The summed E-state index contributed by atoms with van der Waals surface area (Å²) in [5, 5.41) is 6.65. The summed E-state index contributed by atoms with van der Waals surface area (Å²) in [7, 11) is 0. The maximum atomic E-state index is 12.6. The summed E-state index contributed by atoms with van der Waals surface area (Å²) in [6.45, 7) is 1.91. The Balaban J connectivity index is 1.45. The van der Waals surface area contributed by atoms with E-state index in [2.05, 4.69) is 15.6 Å². The highest BCUT2D eigenvalue weighted by Crippen LogP contribution is 2.37. The van der Waals surface area contributed by atoms with E-state index in [1.165, 1.54) is 0 Å². The molecule has 0 radical (unpaired) electrons. The summed E-state index contributed by atoms with van der Waals surface area (Å²) in [5.74, 6) is 0. The molecule has 33 heavy (non-hydrogen) atoms. The van der Waals surface area contributed by atoms with E-state index in [-0.39, 0.29) is 23.0 Å². The first-order valence-electron chi connectivity index (χ1n) is 10.9. The average Bonchev–Trinajstić information content (AvgIpc) is 3.13. The van der Waals surface area contributed by atoms with Gasteiger partial charge in [-0.15, -0.1) is 0 Å². The normalized spacial score (nSPS) is 12.6. The van der Waals surface area contributed by atoms with Gasteiger partial charge in [0, 0.05) is 33.1 Å². The van der Waals surface area contributed by atoms with Crippen LogP contribution in [0.3, 0.4) is 0 Å². The van der Waals surface area contributed by atoms with E-state index < -0.39 is 5.51 Å². The number of amides is 2. The van der Waals surface area contributed by atoms with Crippen LogP contribution >= 0.6 is 23.4 Å². The molecule has 4 nitrogen and oxygen atoms in total. The number of aromatic nitrogens is 1. The number of halogens is 4. The Morgan fingerprint density at radius 3 is 2.55 bits per heavy atom. The fraction of sp³-hybridized carbons (Fsp3) is 0.375. The van der Waals surface area contributed by atoms with Crippen molar-refractivity contribution in [3.63, 3.8) is 0 Å². The Labute approximate surface area is 200 Å². The van der Waals surface area contributed by atoms with Gasteiger partial charge in [-0.2, -0.15) is 13.2 Å². The number of anilines is 2. The molecule has 0 aliphatic rings. The van der Waals surface area contributed by atoms with Crippen molar-refractivity contribution in [3.8, 4) is 0 Å². The zero-order valence-corrected chi connectivity index (χ0v) is 19.8. The highest BCUT2D eigenvalue weighted by Gasteiger charge is 2.32. The minimum Gasteiger partial charge on any atom is -0.359 e. The summed E-state index contributed by atoms with van der Waals surface area (Å²) in [4.78, 5) is 15.5. The monoisotopic (exact) mass is 497 g/mol. The Kier molecular flexibility index (Phi) is 8.97. The number of carbonyl (C=O) groups excluding carboxylic acids is 1. The second-order valence-electron chi connectivity index (χ2n) is 7.89. The van der Waals surface area contributed by atoms with Gasteiger partial charge in [-0.1, -0.05) is 43.5 Å². The largest absolute Gasteiger partial charge is 0.442 e. The number of hydrogen-bond donors (Lipinski definition) is 3. The van der Waals surface area contributed by atoms with Crippen molar-refractivity contribution in [3.05, 3.63) is 59.2 Å². The SMILES string of the molecule is CCCC(CCCCc1ccc(NC(=O)Nc2c[nH]c3ccc(Cl)cc23)cc1)SC(F)(F)F. The molecule has 3 N–H and O–H groups in total. The molecular weight excluding hydrogens is 471 g/mol. The van der Waals surface area contributed by atoms with E-state index >= 15 is 0 Å². The highest BCUT2D eigenvalue weighted by molar-refractivity contribution is 8.00. The predicted octanol–water partition coefficient (Wildman–Crippen LogP) is 8.60. The summed E-state index contributed by atoms with van der Waals surface area (Å²) in [6, 6.07) is 12.5. The molecule has 9 heteroatoms. The van der Waals surface area contributed by atoms with E-state index in [1.807, 2.05) is 37.3 Å². The molecule has 0 aliphatic heterocycles. The molecule has 0 saturated carbocycles. The van der Waals surface area contributed by atoms with Crippen LogP contribution in [0.4, 0.5) is 29.3 Å². The van der Waals surface area contributed by atoms with E-state index in [0.717, 1.165) is 42.1 Å². The quantitative estimate of drug-likeness (QED) is 0.245. The van der Waals surface area contributed by atoms with Crippen molar-refractivity contribution in [1.29, 1.82) is 0 Å². The van der Waals surface area contributed by atoms with Crippen molar-refractivity contribution in [2.75, 3.05) is 10.6 Å². The van der Waals surface area contributed by atoms with Crippen LogP contribution in [0.15, 0.2) is 48.7 Å². The molecule has 0 saturated heterocycles. The molecule has 0 bridgehead atoms. The average molecular weight is 498 g/mol. The topological polar surface area (TPSA) is 56.9 Å². The number of fused-ring (bicyclic) bond motifs is 1. The number of aromatic amines is 1. The first-order chi connectivity index (χ1) is 15.7. The lowest BCUT2D eigenvalue weighted by molar-refractivity contribution is -0.0335. The van der Waals surface area contributed by atoms with Gasteiger partial charge in [0.2, 0.25) is 0 Å². The number of urea groups is 1. The van der Waals surface area contributed by atoms with Crippen LogP contribution in [0.5, 0.6) is 0 Å². The molecule has 0 spiro atoms. The van der Waals surface area contributed by atoms with Crippen LogP contribution in [0.1, 0.15) is 44.6 Å². The van der Waals surface area contributed by atoms with Crippen LogP contribution in [-0.4, -0.2) is 21.8 Å². The van der Waals surface area contributed by atoms with Crippen molar-refractivity contribution in [1.82, 2.24) is 4.98 Å². The molecule has 0 fully saturated rings. The van der Waals surface area contributed by atoms with E-state index in [4.69, 9.17) is 11.6 Å². The molecule has 2 amide bonds. The molecule has 178 valence electrons. The third-order valence-corrected chi connectivity index (χ3v) is 6.56. The van der Waals surface area contributed by atoms with Crippen molar-refractivity contribution in [2.24, 2.45) is 0 Å². The third kappa shape index (κ3) is 8.19. The van der Waals surface area contributed by atoms with Crippen LogP contribution in [0.2, 0.25) is 5.02 Å². The lowest BCUT2D eigenvalue weighted by Crippen LogP contribution is -2.19. The molecule has 1 heterocycles. The van der Waals surface area contributed by atoms with Gasteiger partial charge in [0.05, 0.1) is 5.69 Å². The van der Waals surface area contributed by atoms with Gasteiger partial charge in [0.15, 0.2) is 0 Å². The summed E-state index contributed by atoms with van der Waals surface area (Å²) in [5.41, 5.74) is -0.929. The highest BCUT2D eigenvalue weighted by atomic mass is 35.5. The minimum atomic E-state index is -4.17. The maximum Gasteiger partial charge on any atom is 0.442 e. The molecule has 1 unspecified atom stereocenters. The van der Waals surface area contributed by atoms with Gasteiger partial charge >= 0.3 is 11.5 Å². The number of carbonyl (C=O) groups is 1. The van der Waals surface area contributed by atoms with E-state index in [9.17, 15) is 18.0 Å². The first-order valence-corrected chi connectivity index (χ1v) is 12.2. The maximum absolute atomic E-state index is 12.6. The standard InChI is InChI=1S/C24H27ClF3N3OS/c1-2-5-19(33-24(26,27)28)7-4-3-6-16-8-11-18(12-9-16)30-23(32)31-22-15-29-21-13-10-17(25)14-20(21)22/h8-15,19,29H,2-7H2,1H3,(H2,30,31,32). The molecular formula is C24H27ClF3N3OS. The van der Waals surface area contributed by atoms with Crippen molar-refractivity contribution >= 4 is 51.7 Å². The Bertz CT molecular complexity index is 1050. The minimum absolute atomic E-state index is 0.128. The summed E-state index contributed by atoms with van der Waals surface area (Å²) < 4.78 is 37.9. The van der Waals surface area contributed by atoms with Gasteiger partial charge in [0.25, 0.3) is 0 Å². The van der Waals surface area contributed by atoms with Gasteiger partial charge in [0.1, 0.15) is 0 Å². The number of alkyl halides is 3. The van der Waals surface area contributed by atoms with Crippen molar-refractivity contribution in [2.45, 2.75) is 56.2 Å². The fourth-order valence-electron chi connectivity index (χ4n) is 3.71. The van der Waals surface area contributed by atoms with Gasteiger partial charge in [-0.05, 0) is 73.3 Å². The van der Waals surface area contributed by atoms with Gasteiger partial charge < -0.3 is 15.6 Å². The van der Waals surface area contributed by atoms with Crippen LogP contribution in [0.25, 0.3) is 10.9 Å². The Morgan fingerprint density at radius 1 is 1.09 bits per heavy atom. The van der Waals surface area contributed by atoms with Gasteiger partial charge in [-0.3, -0.25) is 0 Å². The molecule has 2 aromatic carbocycles. The second kappa shape index (κ2) is 11.7. The van der Waals surface area contributed by atoms with Crippen LogP contribution in [-0.2, 0) is 6.42 Å². The number of thioether (sulfide) groups is 1. The predicted molar refractivity (Wildman–Crippen MR) is 132 cm³/mol. The number of benzene rings is 2. The number of aryl methyl sites for hydroxylation is 1. The number of rotatable bonds is 10. The van der Waals surface area contributed by atoms with E-state index in [0.29, 0.717) is 29.2 Å². The van der Waals surface area contributed by atoms with Gasteiger partial charge in [-0.25, -0.2) is 4.79 Å². The summed E-state index contributed by atoms with van der Waals surface area (Å²) >= 11 is 6.17. The van der Waals surface area contributed by atoms with E-state index in [1.54, 1.807) is 18.3 Å². The van der Waals surface area contributed by atoms with Crippen LogP contribution < -0.4 is 10.6 Å². The third-order valence-electron chi connectivity index (χ3n) is 5.26. The smallest absolute Gasteiger partial charge is 0.359 e. The number of nitrogens with one attached hydrogen (secondary N) is 3. The zero-order chi connectivity index (χ0) is 23.8. The van der Waals surface area contributed by atoms with Crippen LogP contribution in [0, 0.1) is 0 Å².